The zero-order valence-electron chi connectivity index (χ0n) is 10.6. The molecule has 1 amide bonds. The maximum atomic E-state index is 12.0. The molecule has 0 bridgehead atoms. The predicted octanol–water partition coefficient (Wildman–Crippen LogP) is 2.10. The second-order valence-electron chi connectivity index (χ2n) is 4.44. The average Bonchev–Trinajstić information content (AvgIpc) is 2.48. The lowest BCUT2D eigenvalue weighted by Crippen LogP contribution is -2.27. The Bertz CT molecular complexity index is 519. The van der Waals surface area contributed by atoms with Gasteiger partial charge in [-0.2, -0.15) is 0 Å². The second-order valence-corrected chi connectivity index (χ2v) is 5.30. The number of hydrogen-bond donors (Lipinski definition) is 1. The van der Waals surface area contributed by atoms with Gasteiger partial charge in [-0.1, -0.05) is 6.07 Å². The topological polar surface area (TPSA) is 60.9 Å². The Kier molecular flexibility index (Phi) is 4.09. The smallest absolute Gasteiger partial charge is 0.305 e. The fourth-order valence-electron chi connectivity index (χ4n) is 2.20. The Labute approximate surface area is 119 Å². The highest BCUT2D eigenvalue weighted by molar-refractivity contribution is 9.10. The summed E-state index contributed by atoms with van der Waals surface area (Å²) in [6.45, 7) is 0.944. The third kappa shape index (κ3) is 2.89. The van der Waals surface area contributed by atoms with E-state index < -0.39 is 5.97 Å². The van der Waals surface area contributed by atoms with Gasteiger partial charge in [-0.25, -0.2) is 0 Å². The number of carbonyl (C=O) groups is 2. The van der Waals surface area contributed by atoms with E-state index in [9.17, 15) is 9.59 Å². The molecule has 0 fully saturated rings. The minimum Gasteiger partial charge on any atom is -0.481 e. The van der Waals surface area contributed by atoms with Crippen molar-refractivity contribution in [2.24, 2.45) is 0 Å². The number of amides is 1. The number of rotatable bonds is 3. The van der Waals surface area contributed by atoms with Gasteiger partial charge >= 0.3 is 5.97 Å². The molecule has 2 rings (SSSR count). The minimum absolute atomic E-state index is 0.0333. The van der Waals surface area contributed by atoms with Crippen LogP contribution in [0.4, 0.5) is 11.4 Å². The highest BCUT2D eigenvalue weighted by Crippen LogP contribution is 2.38. The van der Waals surface area contributed by atoms with Crippen LogP contribution in [0.15, 0.2) is 22.7 Å². The maximum absolute atomic E-state index is 12.0. The molecular formula is C13H15BrN2O3. The fraction of sp³-hybridized carbons (Fsp3) is 0.385. The molecule has 1 aliphatic rings. The first-order valence-electron chi connectivity index (χ1n) is 6.02. The van der Waals surface area contributed by atoms with Gasteiger partial charge in [0.05, 0.1) is 17.8 Å². The average molecular weight is 327 g/mol. The van der Waals surface area contributed by atoms with Gasteiger partial charge in [-0.15, -0.1) is 0 Å². The molecule has 0 saturated carbocycles. The van der Waals surface area contributed by atoms with E-state index in [0.29, 0.717) is 19.5 Å². The largest absolute Gasteiger partial charge is 0.481 e. The van der Waals surface area contributed by atoms with E-state index in [4.69, 9.17) is 5.11 Å². The molecule has 102 valence electrons. The van der Waals surface area contributed by atoms with Crippen LogP contribution in [-0.4, -0.2) is 37.1 Å². The number of carbonyl (C=O) groups excluding carboxylic acids is 1. The molecule has 1 aromatic rings. The first-order chi connectivity index (χ1) is 9.00. The van der Waals surface area contributed by atoms with Gasteiger partial charge in [-0.05, 0) is 28.1 Å². The lowest BCUT2D eigenvalue weighted by Gasteiger charge is -2.25. The Morgan fingerprint density at radius 3 is 2.89 bits per heavy atom. The van der Waals surface area contributed by atoms with Gasteiger partial charge in [0.2, 0.25) is 5.91 Å². The molecule has 1 N–H and O–H groups in total. The summed E-state index contributed by atoms with van der Waals surface area (Å²) < 4.78 is 0.836. The third-order valence-corrected chi connectivity index (χ3v) is 3.85. The number of nitrogens with zero attached hydrogens (tertiary/aromatic N) is 2. The summed E-state index contributed by atoms with van der Waals surface area (Å²) in [6.07, 6.45) is 0.446. The van der Waals surface area contributed by atoms with Gasteiger partial charge in [0, 0.05) is 31.0 Å². The van der Waals surface area contributed by atoms with E-state index in [0.717, 1.165) is 15.8 Å². The normalized spacial score (nSPS) is 15.2. The van der Waals surface area contributed by atoms with Crippen LogP contribution in [0, 0.1) is 0 Å². The third-order valence-electron chi connectivity index (χ3n) is 3.21. The van der Waals surface area contributed by atoms with Crippen LogP contribution >= 0.6 is 15.9 Å². The van der Waals surface area contributed by atoms with Crippen molar-refractivity contribution in [3.63, 3.8) is 0 Å². The van der Waals surface area contributed by atoms with Crippen molar-refractivity contribution >= 4 is 39.2 Å². The van der Waals surface area contributed by atoms with Gasteiger partial charge < -0.3 is 14.9 Å². The molecule has 0 radical (unpaired) electrons. The number of anilines is 2. The molecular weight excluding hydrogens is 312 g/mol. The van der Waals surface area contributed by atoms with Crippen molar-refractivity contribution in [3.05, 3.63) is 22.7 Å². The molecule has 0 atom stereocenters. The van der Waals surface area contributed by atoms with E-state index >= 15 is 0 Å². The molecule has 1 aliphatic heterocycles. The predicted molar refractivity (Wildman–Crippen MR) is 76.6 cm³/mol. The SMILES string of the molecule is CN1C(=O)CCN(CCC(=O)O)c2cccc(Br)c21. The monoisotopic (exact) mass is 326 g/mol. The Balaban J connectivity index is 2.39. The van der Waals surface area contributed by atoms with Crippen molar-refractivity contribution in [3.8, 4) is 0 Å². The van der Waals surface area contributed by atoms with Crippen molar-refractivity contribution < 1.29 is 14.7 Å². The number of fused-ring (bicyclic) bond motifs is 1. The highest BCUT2D eigenvalue weighted by atomic mass is 79.9. The van der Waals surface area contributed by atoms with Crippen LogP contribution < -0.4 is 9.80 Å². The molecule has 6 heteroatoms. The zero-order valence-corrected chi connectivity index (χ0v) is 12.2. The summed E-state index contributed by atoms with van der Waals surface area (Å²) in [6, 6.07) is 5.68. The van der Waals surface area contributed by atoms with Crippen LogP contribution in [0.25, 0.3) is 0 Å². The zero-order chi connectivity index (χ0) is 14.0. The Morgan fingerprint density at radius 1 is 1.47 bits per heavy atom. The van der Waals surface area contributed by atoms with Crippen molar-refractivity contribution in [2.45, 2.75) is 12.8 Å². The summed E-state index contributed by atoms with van der Waals surface area (Å²) in [5, 5.41) is 8.81. The van der Waals surface area contributed by atoms with Gasteiger partial charge in [0.25, 0.3) is 0 Å². The van der Waals surface area contributed by atoms with Crippen molar-refractivity contribution in [2.75, 3.05) is 29.9 Å². The molecule has 0 spiro atoms. The molecule has 0 saturated heterocycles. The summed E-state index contributed by atoms with van der Waals surface area (Å²) >= 11 is 3.46. The quantitative estimate of drug-likeness (QED) is 0.924. The molecule has 0 unspecified atom stereocenters. The summed E-state index contributed by atoms with van der Waals surface area (Å²) in [4.78, 5) is 26.3. The first-order valence-corrected chi connectivity index (χ1v) is 6.82. The fourth-order valence-corrected chi connectivity index (χ4v) is 2.82. The van der Waals surface area contributed by atoms with Gasteiger partial charge in [0.1, 0.15) is 0 Å². The number of aliphatic carboxylic acids is 1. The van der Waals surface area contributed by atoms with Crippen LogP contribution in [0.3, 0.4) is 0 Å². The van der Waals surface area contributed by atoms with Crippen LogP contribution in [-0.2, 0) is 9.59 Å². The maximum Gasteiger partial charge on any atom is 0.305 e. The van der Waals surface area contributed by atoms with E-state index in [-0.39, 0.29) is 12.3 Å². The van der Waals surface area contributed by atoms with Crippen LogP contribution in [0.1, 0.15) is 12.8 Å². The molecule has 0 aromatic heterocycles. The number of halogens is 1. The van der Waals surface area contributed by atoms with Gasteiger partial charge in [0.15, 0.2) is 0 Å². The number of carboxylic acids is 1. The summed E-state index contributed by atoms with van der Waals surface area (Å²) in [5.74, 6) is -0.800. The Hall–Kier alpha value is -1.56. The number of para-hydroxylation sites is 1. The molecule has 0 aliphatic carbocycles. The van der Waals surface area contributed by atoms with E-state index in [1.54, 1.807) is 11.9 Å². The number of carboxylic acid groups (broad SMARTS) is 1. The number of hydrogen-bond acceptors (Lipinski definition) is 3. The van der Waals surface area contributed by atoms with Crippen molar-refractivity contribution in [1.82, 2.24) is 0 Å². The first kappa shape index (κ1) is 13.9. The lowest BCUT2D eigenvalue weighted by molar-refractivity contribution is -0.136. The standard InChI is InChI=1S/C13H15BrN2O3/c1-15-11(17)5-7-16(8-6-12(18)19)10-4-2-3-9(14)13(10)15/h2-4H,5-8H2,1H3,(H,18,19). The van der Waals surface area contributed by atoms with E-state index in [1.165, 1.54) is 0 Å². The van der Waals surface area contributed by atoms with Crippen molar-refractivity contribution in [1.29, 1.82) is 0 Å². The molecule has 1 aromatic carbocycles. The lowest BCUT2D eigenvalue weighted by atomic mass is 10.2. The molecule has 1 heterocycles. The molecule has 5 nitrogen and oxygen atoms in total. The van der Waals surface area contributed by atoms with E-state index in [1.807, 2.05) is 23.1 Å². The van der Waals surface area contributed by atoms with Crippen LogP contribution in [0.2, 0.25) is 0 Å². The second kappa shape index (κ2) is 5.61. The molecule has 19 heavy (non-hydrogen) atoms. The summed E-state index contributed by atoms with van der Waals surface area (Å²) in [5.41, 5.74) is 1.69. The van der Waals surface area contributed by atoms with Crippen LogP contribution in [0.5, 0.6) is 0 Å². The summed E-state index contributed by atoms with van der Waals surface area (Å²) in [7, 11) is 1.74. The van der Waals surface area contributed by atoms with E-state index in [2.05, 4.69) is 15.9 Å². The Morgan fingerprint density at radius 2 is 2.21 bits per heavy atom. The minimum atomic E-state index is -0.833. The van der Waals surface area contributed by atoms with Gasteiger partial charge in [-0.3, -0.25) is 9.59 Å². The number of benzene rings is 1. The highest BCUT2D eigenvalue weighted by Gasteiger charge is 2.25.